The van der Waals surface area contributed by atoms with Crippen LogP contribution in [0.2, 0.25) is 0 Å². The molecular formula is C15H17N5O. The molecule has 6 nitrogen and oxygen atoms in total. The first-order chi connectivity index (χ1) is 10.4. The van der Waals surface area contributed by atoms with E-state index in [1.54, 1.807) is 0 Å². The summed E-state index contributed by atoms with van der Waals surface area (Å²) in [6, 6.07) is 7.92. The number of nitrogens with zero attached hydrogens (tertiary/aromatic N) is 4. The number of benzene rings is 1. The average molecular weight is 283 g/mol. The van der Waals surface area contributed by atoms with Crippen molar-refractivity contribution in [2.24, 2.45) is 0 Å². The molecule has 1 N–H and O–H groups in total. The Morgan fingerprint density at radius 2 is 2.29 bits per heavy atom. The topological polar surface area (TPSA) is 68.8 Å². The third-order valence-electron chi connectivity index (χ3n) is 3.21. The summed E-state index contributed by atoms with van der Waals surface area (Å²) in [4.78, 5) is 4.20. The lowest BCUT2D eigenvalue weighted by atomic mass is 10.2. The molecule has 0 aliphatic heterocycles. The fourth-order valence-corrected chi connectivity index (χ4v) is 2.19. The number of aryl methyl sites for hydroxylation is 1. The zero-order valence-corrected chi connectivity index (χ0v) is 11.9. The summed E-state index contributed by atoms with van der Waals surface area (Å²) in [7, 11) is 0. The predicted octanol–water partition coefficient (Wildman–Crippen LogP) is 2.96. The predicted molar refractivity (Wildman–Crippen MR) is 79.6 cm³/mol. The summed E-state index contributed by atoms with van der Waals surface area (Å²) >= 11 is 0. The average Bonchev–Trinajstić information content (AvgIpc) is 3.18. The smallest absolute Gasteiger partial charge is 0.247 e. The van der Waals surface area contributed by atoms with E-state index >= 15 is 0 Å². The Morgan fingerprint density at radius 3 is 3.10 bits per heavy atom. The van der Waals surface area contributed by atoms with Gasteiger partial charge in [0.25, 0.3) is 0 Å². The molecule has 0 aliphatic rings. The number of aromatic nitrogens is 4. The van der Waals surface area contributed by atoms with Crippen LogP contribution in [0.3, 0.4) is 0 Å². The van der Waals surface area contributed by atoms with E-state index in [9.17, 15) is 0 Å². The van der Waals surface area contributed by atoms with Crippen LogP contribution >= 0.6 is 0 Å². The summed E-state index contributed by atoms with van der Waals surface area (Å²) in [6.45, 7) is 3.87. The lowest BCUT2D eigenvalue weighted by Crippen LogP contribution is -2.06. The van der Waals surface area contributed by atoms with Gasteiger partial charge in [-0.3, -0.25) is 0 Å². The molecule has 2 heterocycles. The minimum Gasteiger partial charge on any atom is -0.423 e. The lowest BCUT2D eigenvalue weighted by Gasteiger charge is -2.09. The van der Waals surface area contributed by atoms with Crippen molar-refractivity contribution in [2.75, 3.05) is 5.32 Å². The SMILES string of the molecule is CCCn1cncc1CNc1cccc(-c2nnco2)c1. The summed E-state index contributed by atoms with van der Waals surface area (Å²) in [5, 5.41) is 11.0. The van der Waals surface area contributed by atoms with E-state index in [1.807, 2.05) is 36.8 Å². The molecule has 0 aliphatic carbocycles. The second-order valence-corrected chi connectivity index (χ2v) is 4.76. The van der Waals surface area contributed by atoms with E-state index in [2.05, 4.69) is 32.0 Å². The molecule has 0 fully saturated rings. The van der Waals surface area contributed by atoms with Crippen molar-refractivity contribution in [3.8, 4) is 11.5 Å². The summed E-state index contributed by atoms with van der Waals surface area (Å²) in [5.74, 6) is 0.523. The molecule has 108 valence electrons. The van der Waals surface area contributed by atoms with Crippen LogP contribution in [0.25, 0.3) is 11.5 Å². The quantitative estimate of drug-likeness (QED) is 0.753. The van der Waals surface area contributed by atoms with Crippen LogP contribution in [0.15, 0.2) is 47.6 Å². The van der Waals surface area contributed by atoms with Gasteiger partial charge in [0.2, 0.25) is 12.3 Å². The molecule has 0 bridgehead atoms. The highest BCUT2D eigenvalue weighted by atomic mass is 16.4. The van der Waals surface area contributed by atoms with Crippen molar-refractivity contribution >= 4 is 5.69 Å². The maximum Gasteiger partial charge on any atom is 0.247 e. The van der Waals surface area contributed by atoms with Crippen LogP contribution in [-0.2, 0) is 13.1 Å². The van der Waals surface area contributed by atoms with Gasteiger partial charge in [-0.25, -0.2) is 4.98 Å². The molecule has 3 aromatic rings. The Kier molecular flexibility index (Phi) is 3.95. The first-order valence-electron chi connectivity index (χ1n) is 6.96. The van der Waals surface area contributed by atoms with Crippen LogP contribution in [-0.4, -0.2) is 19.7 Å². The molecule has 0 unspecified atom stereocenters. The normalized spacial score (nSPS) is 10.7. The highest BCUT2D eigenvalue weighted by molar-refractivity contribution is 5.60. The van der Waals surface area contributed by atoms with E-state index in [-0.39, 0.29) is 0 Å². The zero-order chi connectivity index (χ0) is 14.5. The molecule has 0 saturated heterocycles. The van der Waals surface area contributed by atoms with Gasteiger partial charge in [0, 0.05) is 24.0 Å². The Hall–Kier alpha value is -2.63. The van der Waals surface area contributed by atoms with Gasteiger partial charge in [-0.05, 0) is 24.6 Å². The highest BCUT2D eigenvalue weighted by Crippen LogP contribution is 2.20. The zero-order valence-electron chi connectivity index (χ0n) is 11.9. The van der Waals surface area contributed by atoms with Crippen LogP contribution in [0, 0.1) is 0 Å². The maximum atomic E-state index is 5.21. The van der Waals surface area contributed by atoms with E-state index in [1.165, 1.54) is 12.1 Å². The molecule has 6 heteroatoms. The fourth-order valence-electron chi connectivity index (χ4n) is 2.19. The van der Waals surface area contributed by atoms with Gasteiger partial charge in [-0.15, -0.1) is 10.2 Å². The Balaban J connectivity index is 1.71. The minimum absolute atomic E-state index is 0.523. The Bertz CT molecular complexity index is 690. The monoisotopic (exact) mass is 283 g/mol. The lowest BCUT2D eigenvalue weighted by molar-refractivity contribution is 0.568. The van der Waals surface area contributed by atoms with Crippen LogP contribution in [0.4, 0.5) is 5.69 Å². The number of anilines is 1. The molecular weight excluding hydrogens is 266 g/mol. The van der Waals surface area contributed by atoms with Crippen LogP contribution in [0.1, 0.15) is 19.0 Å². The van der Waals surface area contributed by atoms with E-state index in [4.69, 9.17) is 4.42 Å². The first-order valence-corrected chi connectivity index (χ1v) is 6.96. The van der Waals surface area contributed by atoms with E-state index in [0.717, 1.165) is 30.8 Å². The molecule has 3 rings (SSSR count). The summed E-state index contributed by atoms with van der Waals surface area (Å²) in [5.41, 5.74) is 3.08. The number of rotatable bonds is 6. The van der Waals surface area contributed by atoms with Crippen molar-refractivity contribution in [3.63, 3.8) is 0 Å². The number of hydrogen-bond acceptors (Lipinski definition) is 5. The number of nitrogens with one attached hydrogen (secondary N) is 1. The molecule has 0 saturated carbocycles. The third kappa shape index (κ3) is 3.10. The van der Waals surface area contributed by atoms with Gasteiger partial charge in [0.1, 0.15) is 0 Å². The van der Waals surface area contributed by atoms with Crippen molar-refractivity contribution < 1.29 is 4.42 Å². The number of imidazole rings is 1. The van der Waals surface area contributed by atoms with Crippen LogP contribution < -0.4 is 5.32 Å². The van der Waals surface area contributed by atoms with Gasteiger partial charge < -0.3 is 14.3 Å². The molecule has 0 spiro atoms. The maximum absolute atomic E-state index is 5.21. The second kappa shape index (κ2) is 6.21. The van der Waals surface area contributed by atoms with Crippen molar-refractivity contribution in [3.05, 3.63) is 48.9 Å². The van der Waals surface area contributed by atoms with E-state index in [0.29, 0.717) is 5.89 Å². The molecule has 2 aromatic heterocycles. The largest absolute Gasteiger partial charge is 0.423 e. The highest BCUT2D eigenvalue weighted by Gasteiger charge is 2.05. The first kappa shape index (κ1) is 13.4. The van der Waals surface area contributed by atoms with Gasteiger partial charge in [-0.2, -0.15) is 0 Å². The second-order valence-electron chi connectivity index (χ2n) is 4.76. The molecule has 1 aromatic carbocycles. The fraction of sp³-hybridized carbons (Fsp3) is 0.267. The number of hydrogen-bond donors (Lipinski definition) is 1. The standard InChI is InChI=1S/C15H17N5O/c1-2-6-20-10-16-8-14(20)9-17-13-5-3-4-12(7-13)15-19-18-11-21-15/h3-5,7-8,10-11,17H,2,6,9H2,1H3. The van der Waals surface area contributed by atoms with Crippen LogP contribution in [0.5, 0.6) is 0 Å². The van der Waals surface area contributed by atoms with Gasteiger partial charge in [0.15, 0.2) is 0 Å². The summed E-state index contributed by atoms with van der Waals surface area (Å²) in [6.07, 6.45) is 6.19. The van der Waals surface area contributed by atoms with Crippen molar-refractivity contribution in [1.29, 1.82) is 0 Å². The minimum atomic E-state index is 0.523. The van der Waals surface area contributed by atoms with Crippen molar-refractivity contribution in [2.45, 2.75) is 26.4 Å². The van der Waals surface area contributed by atoms with Gasteiger partial charge in [-0.1, -0.05) is 13.0 Å². The molecule has 21 heavy (non-hydrogen) atoms. The summed E-state index contributed by atoms with van der Waals surface area (Å²) < 4.78 is 7.37. The Morgan fingerprint density at radius 1 is 1.33 bits per heavy atom. The molecule has 0 atom stereocenters. The van der Waals surface area contributed by atoms with Crippen molar-refractivity contribution in [1.82, 2.24) is 19.7 Å². The third-order valence-corrected chi connectivity index (χ3v) is 3.21. The Labute approximate surface area is 122 Å². The molecule has 0 radical (unpaired) electrons. The van der Waals surface area contributed by atoms with E-state index < -0.39 is 0 Å². The van der Waals surface area contributed by atoms with Gasteiger partial charge >= 0.3 is 0 Å². The van der Waals surface area contributed by atoms with Gasteiger partial charge in [0.05, 0.1) is 18.6 Å². The molecule has 0 amide bonds.